The number of hydrogen-bond donors (Lipinski definition) is 8. The van der Waals surface area contributed by atoms with E-state index in [2.05, 4.69) is 76.9 Å². The predicted molar refractivity (Wildman–Crippen MR) is 440 cm³/mol. The van der Waals surface area contributed by atoms with Crippen LogP contribution in [-0.2, 0) is 59.5 Å². The molecule has 20 nitrogen and oxygen atoms in total. The molecule has 7 amide bonds. The normalized spacial score (nSPS) is 16.9. The minimum absolute atomic E-state index is 0.0250. The molecule has 21 heteroatoms. The molecule has 6 aromatic rings. The molecule has 1 fully saturated rings. The zero-order valence-corrected chi connectivity index (χ0v) is 69.8. The van der Waals surface area contributed by atoms with Crippen molar-refractivity contribution in [1.82, 2.24) is 36.8 Å². The molecule has 1 saturated carbocycles. The van der Waals surface area contributed by atoms with Crippen molar-refractivity contribution in [1.29, 1.82) is 0 Å². The highest BCUT2D eigenvalue weighted by Crippen LogP contribution is 2.46. The number of esters is 1. The first-order valence-corrected chi connectivity index (χ1v) is 41.8. The lowest BCUT2D eigenvalue weighted by Crippen LogP contribution is -2.66. The van der Waals surface area contributed by atoms with E-state index in [0.717, 1.165) is 39.0 Å². The van der Waals surface area contributed by atoms with Crippen molar-refractivity contribution in [3.8, 4) is 5.75 Å². The van der Waals surface area contributed by atoms with Gasteiger partial charge in [0.25, 0.3) is 8.32 Å². The van der Waals surface area contributed by atoms with Gasteiger partial charge in [0.1, 0.15) is 59.4 Å². The van der Waals surface area contributed by atoms with Crippen molar-refractivity contribution in [3.63, 3.8) is 0 Å². The van der Waals surface area contributed by atoms with Crippen LogP contribution in [0.1, 0.15) is 185 Å². The fourth-order valence-electron chi connectivity index (χ4n) is 15.1. The summed E-state index contributed by atoms with van der Waals surface area (Å²) in [6, 6.07) is 48.6. The lowest BCUT2D eigenvalue weighted by molar-refractivity contribution is -0.158. The Balaban J connectivity index is 1.22. The van der Waals surface area contributed by atoms with Gasteiger partial charge < -0.3 is 56.2 Å². The van der Waals surface area contributed by atoms with Gasteiger partial charge in [-0.2, -0.15) is 0 Å². The summed E-state index contributed by atoms with van der Waals surface area (Å²) in [5, 5.41) is 31.6. The molecule has 0 radical (unpaired) electrons. The molecule has 1 aliphatic rings. The molecule has 13 atom stereocenters. The average Bonchev–Trinajstić information content (AvgIpc) is 1.05. The summed E-state index contributed by atoms with van der Waals surface area (Å²) in [6.07, 6.45) is -0.910. The van der Waals surface area contributed by atoms with E-state index >= 15 is 19.2 Å². The molecule has 6 aromatic carbocycles. The second kappa shape index (κ2) is 40.4. The molecular formula is C90H126N8O12Si. The van der Waals surface area contributed by atoms with E-state index in [4.69, 9.17) is 19.6 Å². The Bertz CT molecular complexity index is 3830. The Morgan fingerprint density at radius 2 is 1.07 bits per heavy atom. The highest BCUT2D eigenvalue weighted by atomic mass is 28.4. The maximum atomic E-state index is 15.6. The second-order valence-electron chi connectivity index (χ2n) is 33.6. The second-order valence-corrected chi connectivity index (χ2v) is 37.9. The third-order valence-electron chi connectivity index (χ3n) is 21.7. The van der Waals surface area contributed by atoms with E-state index in [1.807, 2.05) is 221 Å². The molecule has 0 aromatic heterocycles. The monoisotopic (exact) mass is 1540 g/mol. The average molecular weight is 1540 g/mol. The van der Waals surface area contributed by atoms with Crippen LogP contribution < -0.4 is 52.7 Å². The molecule has 111 heavy (non-hydrogen) atoms. The molecule has 0 saturated heterocycles. The number of aliphatic hydroxyl groups is 1. The molecule has 602 valence electrons. The zero-order chi connectivity index (χ0) is 81.7. The highest BCUT2D eigenvalue weighted by Gasteiger charge is 2.52. The van der Waals surface area contributed by atoms with Gasteiger partial charge in [0, 0.05) is 32.4 Å². The number of likely N-dealkylation sites (N-methyl/N-ethyl adjacent to an activating group) is 1. The summed E-state index contributed by atoms with van der Waals surface area (Å²) < 4.78 is 19.6. The number of hydrogen-bond acceptors (Lipinski definition) is 13. The van der Waals surface area contributed by atoms with Crippen LogP contribution in [0.3, 0.4) is 0 Å². The third kappa shape index (κ3) is 23.8. The van der Waals surface area contributed by atoms with Crippen molar-refractivity contribution in [2.45, 2.75) is 234 Å². The van der Waals surface area contributed by atoms with Crippen molar-refractivity contribution >= 4 is 66.0 Å². The number of carbonyl (C=O) groups is 8. The van der Waals surface area contributed by atoms with Gasteiger partial charge in [0.15, 0.2) is 0 Å². The van der Waals surface area contributed by atoms with Crippen molar-refractivity contribution in [2.24, 2.45) is 53.1 Å². The number of nitrogens with zero attached hydrogens (tertiary/aromatic N) is 1. The standard InChI is InChI=1S/C90H126N8O12Si/c1-19-60(9)76(58(5)6)86(106)98(18)74(54-63-48-50-68(51-49-63)110-88(12,13)14)83(103)94-77(61(10)20-2)87(107)109-62(11)78(84(104)93-73(53-57(3)4)82(102)92-72(80(91)100)47-36-52-108-111(89(15,16)17,69-43-32-24-33-44-69)70-45-34-25-35-46-70)95-85(105)79(96-81(101)59(7)8)71-55-64(71)56-75(99)97-90(65-37-26-21-27-38-65,66-39-28-22-29-40-66)67-41-30-23-31-42-67/h21-35,37-46,48-51,57-62,64,71-74,76-79,81,96,101H,19-20,36,47,52-56H2,1-18H3,(H2,91,100)(H,92,102)(H,93,104)(H,94,103)(H,95,105)(H,97,99). The molecule has 0 heterocycles. The summed E-state index contributed by atoms with van der Waals surface area (Å²) in [6.45, 7) is 32.8. The number of benzene rings is 6. The van der Waals surface area contributed by atoms with Crippen LogP contribution in [0.25, 0.3) is 0 Å². The first kappa shape index (κ1) is 89.2. The first-order valence-electron chi connectivity index (χ1n) is 39.9. The summed E-state index contributed by atoms with van der Waals surface area (Å²) >= 11 is 0. The minimum Gasteiger partial charge on any atom is -0.488 e. The van der Waals surface area contributed by atoms with Gasteiger partial charge in [-0.3, -0.25) is 38.9 Å². The Kier molecular flexibility index (Phi) is 32.5. The van der Waals surface area contributed by atoms with Crippen LogP contribution in [0.5, 0.6) is 5.75 Å². The quantitative estimate of drug-likeness (QED) is 0.00583. The molecule has 0 bridgehead atoms. The number of nitrogens with two attached hydrogens (primary N) is 1. The number of ether oxygens (including phenoxy) is 2. The van der Waals surface area contributed by atoms with E-state index in [0.29, 0.717) is 25.0 Å². The number of primary amides is 1. The van der Waals surface area contributed by atoms with Crippen LogP contribution in [0, 0.1) is 47.3 Å². The van der Waals surface area contributed by atoms with E-state index < -0.39 is 133 Å². The van der Waals surface area contributed by atoms with Gasteiger partial charge in [0.05, 0.1) is 6.04 Å². The number of amides is 7. The lowest BCUT2D eigenvalue weighted by Gasteiger charge is -2.43. The van der Waals surface area contributed by atoms with Crippen LogP contribution in [-0.4, -0.2) is 133 Å². The third-order valence-corrected chi connectivity index (χ3v) is 26.8. The molecule has 7 rings (SSSR count). The first-order chi connectivity index (χ1) is 52.5. The number of carbonyl (C=O) groups excluding carboxylic acids is 8. The number of nitrogens with one attached hydrogen (secondary N) is 6. The van der Waals surface area contributed by atoms with E-state index in [9.17, 15) is 24.3 Å². The van der Waals surface area contributed by atoms with Gasteiger partial charge in [-0.05, 0) is 145 Å². The van der Waals surface area contributed by atoms with Crippen LogP contribution >= 0.6 is 0 Å². The molecule has 0 spiro atoms. The Labute approximate surface area is 661 Å². The van der Waals surface area contributed by atoms with Gasteiger partial charge in [-0.25, -0.2) is 4.79 Å². The summed E-state index contributed by atoms with van der Waals surface area (Å²) in [5.41, 5.74) is 7.66. The maximum absolute atomic E-state index is 15.6. The Hall–Kier alpha value is -9.02. The number of aliphatic hydroxyl groups excluding tert-OH is 1. The van der Waals surface area contributed by atoms with E-state index in [1.54, 1.807) is 27.8 Å². The predicted octanol–water partition coefficient (Wildman–Crippen LogP) is 11.4. The highest BCUT2D eigenvalue weighted by molar-refractivity contribution is 6.99. The fourth-order valence-corrected chi connectivity index (χ4v) is 19.8. The van der Waals surface area contributed by atoms with Gasteiger partial charge in [-0.1, -0.05) is 267 Å². The summed E-state index contributed by atoms with van der Waals surface area (Å²) in [5.74, 6) is -7.58. The lowest BCUT2D eigenvalue weighted by atomic mass is 9.77. The smallest absolute Gasteiger partial charge is 0.329 e. The SMILES string of the molecule is CCC(C)C(NC(=O)C(Cc1ccc(OC(C)(C)C)cc1)N(C)C(=O)C(C(C)C)C(C)CC)C(=O)OC(C)C(NC(=O)C(NC(O)C(C)C)C1CC1CC(=O)NC(c1ccccc1)(c1ccccc1)c1ccccc1)C(=O)NC(CC(C)C)C(=O)NC(CCCO[Si](c1ccccc1)(c1ccccc1)C(C)(C)C)C(N)=O. The Morgan fingerprint density at radius 1 is 0.586 bits per heavy atom. The minimum atomic E-state index is -3.00. The largest absolute Gasteiger partial charge is 0.488 e. The topological polar surface area (TPSA) is 286 Å². The molecule has 1 aliphatic carbocycles. The van der Waals surface area contributed by atoms with Crippen LogP contribution in [0.2, 0.25) is 5.04 Å². The van der Waals surface area contributed by atoms with Gasteiger partial charge >= 0.3 is 5.97 Å². The summed E-state index contributed by atoms with van der Waals surface area (Å²) in [4.78, 5) is 121. The molecule has 9 N–H and O–H groups in total. The van der Waals surface area contributed by atoms with Crippen molar-refractivity contribution < 1.29 is 57.4 Å². The van der Waals surface area contributed by atoms with E-state index in [1.165, 1.54) is 11.8 Å². The van der Waals surface area contributed by atoms with Crippen molar-refractivity contribution in [3.05, 3.63) is 198 Å². The zero-order valence-electron chi connectivity index (χ0n) is 68.8. The summed E-state index contributed by atoms with van der Waals surface area (Å²) in [7, 11) is -1.39. The van der Waals surface area contributed by atoms with Crippen LogP contribution in [0.15, 0.2) is 176 Å². The molecular weight excluding hydrogens is 1410 g/mol. The molecule has 13 unspecified atom stereocenters. The van der Waals surface area contributed by atoms with Gasteiger partial charge in [0.2, 0.25) is 41.4 Å². The van der Waals surface area contributed by atoms with Gasteiger partial charge in [-0.15, -0.1) is 0 Å². The fraction of sp³-hybridized carbons (Fsp3) is 0.511. The van der Waals surface area contributed by atoms with Crippen molar-refractivity contribution in [2.75, 3.05) is 13.7 Å². The Morgan fingerprint density at radius 3 is 1.52 bits per heavy atom. The number of rotatable bonds is 41. The van der Waals surface area contributed by atoms with E-state index in [-0.39, 0.29) is 66.9 Å². The molecule has 0 aliphatic heterocycles. The van der Waals surface area contributed by atoms with Crippen LogP contribution in [0.4, 0.5) is 0 Å². The maximum Gasteiger partial charge on any atom is 0.329 e.